The Morgan fingerprint density at radius 2 is 2.22 bits per heavy atom. The van der Waals surface area contributed by atoms with Gasteiger partial charge in [0.2, 0.25) is 5.91 Å². The molecule has 1 aromatic rings. The Morgan fingerprint density at radius 1 is 1.44 bits per heavy atom. The fourth-order valence-electron chi connectivity index (χ4n) is 1.54. The first-order valence-corrected chi connectivity index (χ1v) is 5.98. The third-order valence-electron chi connectivity index (χ3n) is 2.45. The number of nitrogens with one attached hydrogen (secondary N) is 1. The highest BCUT2D eigenvalue weighted by Gasteiger charge is 2.04. The van der Waals surface area contributed by atoms with E-state index in [4.69, 9.17) is 15.6 Å². The van der Waals surface area contributed by atoms with E-state index in [2.05, 4.69) is 5.32 Å². The number of carbonyl (C=O) groups excluding carboxylic acids is 1. The number of ether oxygens (including phenoxy) is 1. The molecule has 1 amide bonds. The maximum atomic E-state index is 11.6. The quantitative estimate of drug-likeness (QED) is 0.504. The topological polar surface area (TPSA) is 84.6 Å². The summed E-state index contributed by atoms with van der Waals surface area (Å²) < 4.78 is 5.08. The Morgan fingerprint density at radius 3 is 2.89 bits per heavy atom. The number of hydrogen-bond acceptors (Lipinski definition) is 4. The van der Waals surface area contributed by atoms with E-state index in [1.54, 1.807) is 12.1 Å². The van der Waals surface area contributed by atoms with E-state index in [9.17, 15) is 4.79 Å². The number of hydrogen-bond donors (Lipinski definition) is 3. The van der Waals surface area contributed by atoms with Crippen LogP contribution in [0, 0.1) is 6.92 Å². The largest absolute Gasteiger partial charge is 0.399 e. The van der Waals surface area contributed by atoms with Crippen LogP contribution >= 0.6 is 0 Å². The fourth-order valence-corrected chi connectivity index (χ4v) is 1.54. The molecule has 5 nitrogen and oxygen atoms in total. The van der Waals surface area contributed by atoms with Crippen molar-refractivity contribution in [1.29, 1.82) is 0 Å². The van der Waals surface area contributed by atoms with Crippen molar-refractivity contribution in [1.82, 2.24) is 0 Å². The summed E-state index contributed by atoms with van der Waals surface area (Å²) >= 11 is 0. The number of aliphatic hydroxyl groups excluding tert-OH is 1. The van der Waals surface area contributed by atoms with Crippen molar-refractivity contribution in [2.24, 2.45) is 0 Å². The van der Waals surface area contributed by atoms with Gasteiger partial charge >= 0.3 is 0 Å². The molecule has 1 aromatic carbocycles. The summed E-state index contributed by atoms with van der Waals surface area (Å²) in [6.45, 7) is 2.71. The maximum absolute atomic E-state index is 11.6. The molecule has 0 radical (unpaired) electrons. The smallest absolute Gasteiger partial charge is 0.224 e. The van der Waals surface area contributed by atoms with Crippen LogP contribution in [-0.4, -0.2) is 30.8 Å². The fraction of sp³-hybridized carbons (Fsp3) is 0.462. The van der Waals surface area contributed by atoms with Crippen LogP contribution < -0.4 is 11.1 Å². The Balaban J connectivity index is 2.31. The molecular formula is C13H20N2O3. The van der Waals surface area contributed by atoms with Gasteiger partial charge in [-0.1, -0.05) is 0 Å². The second kappa shape index (κ2) is 7.68. The number of anilines is 2. The Hall–Kier alpha value is -1.59. The molecule has 0 aromatic heterocycles. The molecule has 0 aliphatic heterocycles. The highest BCUT2D eigenvalue weighted by Crippen LogP contribution is 2.17. The van der Waals surface area contributed by atoms with E-state index in [1.165, 1.54) is 0 Å². The van der Waals surface area contributed by atoms with E-state index < -0.39 is 0 Å². The SMILES string of the molecule is Cc1cc(N)ccc1NC(=O)CCCOCCO. The van der Waals surface area contributed by atoms with Crippen LogP contribution in [0.4, 0.5) is 11.4 Å². The normalized spacial score (nSPS) is 10.3. The zero-order valence-electron chi connectivity index (χ0n) is 10.6. The number of aryl methyl sites for hydroxylation is 1. The minimum atomic E-state index is -0.0459. The second-order valence-electron chi connectivity index (χ2n) is 4.06. The monoisotopic (exact) mass is 252 g/mol. The summed E-state index contributed by atoms with van der Waals surface area (Å²) in [7, 11) is 0. The molecule has 0 bridgehead atoms. The summed E-state index contributed by atoms with van der Waals surface area (Å²) in [4.78, 5) is 11.6. The third kappa shape index (κ3) is 5.16. The summed E-state index contributed by atoms with van der Waals surface area (Å²) in [5.41, 5.74) is 8.05. The zero-order valence-corrected chi connectivity index (χ0v) is 10.6. The molecule has 5 heteroatoms. The summed E-state index contributed by atoms with van der Waals surface area (Å²) in [6.07, 6.45) is 1.04. The molecule has 100 valence electrons. The molecule has 0 aliphatic rings. The Bertz CT molecular complexity index is 394. The van der Waals surface area contributed by atoms with Gasteiger partial charge in [0, 0.05) is 24.4 Å². The van der Waals surface area contributed by atoms with Crippen molar-refractivity contribution in [3.05, 3.63) is 23.8 Å². The van der Waals surface area contributed by atoms with Gasteiger partial charge in [-0.05, 0) is 37.1 Å². The van der Waals surface area contributed by atoms with E-state index in [1.807, 2.05) is 13.0 Å². The molecule has 0 spiro atoms. The molecule has 0 saturated heterocycles. The number of benzene rings is 1. The highest BCUT2D eigenvalue weighted by atomic mass is 16.5. The van der Waals surface area contributed by atoms with Crippen molar-refractivity contribution in [3.63, 3.8) is 0 Å². The van der Waals surface area contributed by atoms with Gasteiger partial charge in [-0.15, -0.1) is 0 Å². The lowest BCUT2D eigenvalue weighted by Crippen LogP contribution is -2.13. The van der Waals surface area contributed by atoms with E-state index >= 15 is 0 Å². The minimum absolute atomic E-state index is 0.0107. The molecule has 4 N–H and O–H groups in total. The molecule has 0 fully saturated rings. The van der Waals surface area contributed by atoms with Crippen LogP contribution in [0.2, 0.25) is 0 Å². The van der Waals surface area contributed by atoms with Crippen LogP contribution in [0.15, 0.2) is 18.2 Å². The van der Waals surface area contributed by atoms with Crippen molar-refractivity contribution in [3.8, 4) is 0 Å². The average Bonchev–Trinajstić information content (AvgIpc) is 2.32. The van der Waals surface area contributed by atoms with Crippen LogP contribution in [-0.2, 0) is 9.53 Å². The van der Waals surface area contributed by atoms with Gasteiger partial charge in [-0.3, -0.25) is 4.79 Å². The molecule has 0 aliphatic carbocycles. The summed E-state index contributed by atoms with van der Waals surface area (Å²) in [6, 6.07) is 5.37. The molecule has 1 rings (SSSR count). The van der Waals surface area contributed by atoms with Crippen molar-refractivity contribution in [2.45, 2.75) is 19.8 Å². The number of amides is 1. The van der Waals surface area contributed by atoms with Gasteiger partial charge in [0.1, 0.15) is 0 Å². The van der Waals surface area contributed by atoms with Crippen LogP contribution in [0.1, 0.15) is 18.4 Å². The minimum Gasteiger partial charge on any atom is -0.399 e. The van der Waals surface area contributed by atoms with Crippen molar-refractivity contribution in [2.75, 3.05) is 30.9 Å². The lowest BCUT2D eigenvalue weighted by Gasteiger charge is -2.09. The molecule has 0 unspecified atom stereocenters. The first kappa shape index (κ1) is 14.5. The van der Waals surface area contributed by atoms with Gasteiger partial charge in [-0.2, -0.15) is 0 Å². The van der Waals surface area contributed by atoms with E-state index in [-0.39, 0.29) is 12.5 Å². The number of nitrogen functional groups attached to an aromatic ring is 1. The lowest BCUT2D eigenvalue weighted by atomic mass is 10.1. The first-order chi connectivity index (χ1) is 8.63. The number of rotatable bonds is 7. The number of carbonyl (C=O) groups is 1. The second-order valence-corrected chi connectivity index (χ2v) is 4.06. The highest BCUT2D eigenvalue weighted by molar-refractivity contribution is 5.91. The summed E-state index contributed by atoms with van der Waals surface area (Å²) in [5, 5.41) is 11.3. The van der Waals surface area contributed by atoms with Crippen LogP contribution in [0.5, 0.6) is 0 Å². The van der Waals surface area contributed by atoms with Crippen molar-refractivity contribution < 1.29 is 14.6 Å². The van der Waals surface area contributed by atoms with Gasteiger partial charge in [0.25, 0.3) is 0 Å². The van der Waals surface area contributed by atoms with Gasteiger partial charge in [-0.25, -0.2) is 0 Å². The predicted octanol–water partition coefficient (Wildman–Crippen LogP) is 1.30. The molecule has 18 heavy (non-hydrogen) atoms. The standard InChI is InChI=1S/C13H20N2O3/c1-10-9-11(14)4-5-12(10)15-13(17)3-2-7-18-8-6-16/h4-5,9,16H,2-3,6-8,14H2,1H3,(H,15,17). The zero-order chi connectivity index (χ0) is 13.4. The first-order valence-electron chi connectivity index (χ1n) is 5.98. The number of aliphatic hydroxyl groups is 1. The van der Waals surface area contributed by atoms with Crippen LogP contribution in [0.3, 0.4) is 0 Å². The Kier molecular flexibility index (Phi) is 6.18. The molecule has 0 atom stereocenters. The molecule has 0 heterocycles. The van der Waals surface area contributed by atoms with Crippen LogP contribution in [0.25, 0.3) is 0 Å². The molecular weight excluding hydrogens is 232 g/mol. The Labute approximate surface area is 107 Å². The summed E-state index contributed by atoms with van der Waals surface area (Å²) in [5.74, 6) is -0.0459. The van der Waals surface area contributed by atoms with Crippen molar-refractivity contribution >= 4 is 17.3 Å². The predicted molar refractivity (Wildman–Crippen MR) is 71.4 cm³/mol. The van der Waals surface area contributed by atoms with Gasteiger partial charge in [0.15, 0.2) is 0 Å². The number of nitrogens with two attached hydrogens (primary N) is 1. The van der Waals surface area contributed by atoms with Gasteiger partial charge in [0.05, 0.1) is 13.2 Å². The lowest BCUT2D eigenvalue weighted by molar-refractivity contribution is -0.116. The van der Waals surface area contributed by atoms with E-state index in [0.29, 0.717) is 31.7 Å². The van der Waals surface area contributed by atoms with Gasteiger partial charge < -0.3 is 20.9 Å². The average molecular weight is 252 g/mol. The third-order valence-corrected chi connectivity index (χ3v) is 2.45. The van der Waals surface area contributed by atoms with E-state index in [0.717, 1.165) is 11.3 Å². The molecule has 0 saturated carbocycles. The maximum Gasteiger partial charge on any atom is 0.224 e.